The van der Waals surface area contributed by atoms with Crippen molar-refractivity contribution in [2.75, 3.05) is 11.9 Å². The van der Waals surface area contributed by atoms with Gasteiger partial charge in [0.25, 0.3) is 11.8 Å². The monoisotopic (exact) mass is 424 g/mol. The maximum absolute atomic E-state index is 12.2. The fourth-order valence-electron chi connectivity index (χ4n) is 2.70. The molecule has 2 amide bonds. The van der Waals surface area contributed by atoms with E-state index < -0.39 is 23.9 Å². The Kier molecular flexibility index (Phi) is 7.69. The van der Waals surface area contributed by atoms with Crippen LogP contribution in [0.1, 0.15) is 60.9 Å². The fraction of sp³-hybridized carbons (Fsp3) is 0.333. The van der Waals surface area contributed by atoms with Gasteiger partial charge in [-0.05, 0) is 61.2 Å². The average molecular weight is 424 g/mol. The minimum absolute atomic E-state index is 0.0228. The van der Waals surface area contributed by atoms with E-state index in [-0.39, 0.29) is 17.7 Å². The van der Waals surface area contributed by atoms with Crippen molar-refractivity contribution in [1.82, 2.24) is 5.32 Å². The Balaban J connectivity index is 1.82. The predicted molar refractivity (Wildman–Crippen MR) is 118 cm³/mol. The van der Waals surface area contributed by atoms with Gasteiger partial charge >= 0.3 is 5.97 Å². The topological polar surface area (TPSA) is 102 Å². The zero-order chi connectivity index (χ0) is 23.2. The smallest absolute Gasteiger partial charge is 0.326 e. The Morgan fingerprint density at radius 1 is 0.903 bits per heavy atom. The van der Waals surface area contributed by atoms with Gasteiger partial charge in [0, 0.05) is 16.8 Å². The van der Waals surface area contributed by atoms with Crippen molar-refractivity contribution in [1.29, 1.82) is 0 Å². The Morgan fingerprint density at radius 3 is 1.97 bits per heavy atom. The van der Waals surface area contributed by atoms with Gasteiger partial charge in [0.15, 0.2) is 11.9 Å². The van der Waals surface area contributed by atoms with Crippen LogP contribution in [0.5, 0.6) is 0 Å². The van der Waals surface area contributed by atoms with Crippen LogP contribution in [-0.4, -0.2) is 36.2 Å². The first-order valence-electron chi connectivity index (χ1n) is 9.97. The highest BCUT2D eigenvalue weighted by atomic mass is 16.5. The zero-order valence-electron chi connectivity index (χ0n) is 18.4. The Morgan fingerprint density at radius 2 is 1.45 bits per heavy atom. The number of hydrogen-bond donors (Lipinski definition) is 2. The minimum Gasteiger partial charge on any atom is -0.451 e. The van der Waals surface area contributed by atoms with Crippen LogP contribution in [0.4, 0.5) is 5.69 Å². The minimum atomic E-state index is -1.05. The van der Waals surface area contributed by atoms with E-state index >= 15 is 0 Å². The van der Waals surface area contributed by atoms with Gasteiger partial charge in [0.1, 0.15) is 6.54 Å². The van der Waals surface area contributed by atoms with Crippen molar-refractivity contribution in [2.45, 2.75) is 46.1 Å². The van der Waals surface area contributed by atoms with Gasteiger partial charge in [-0.25, -0.2) is 0 Å². The van der Waals surface area contributed by atoms with E-state index in [9.17, 15) is 19.2 Å². The molecule has 0 radical (unpaired) electrons. The van der Waals surface area contributed by atoms with E-state index in [0.29, 0.717) is 16.8 Å². The zero-order valence-corrected chi connectivity index (χ0v) is 18.4. The number of carbonyl (C=O) groups excluding carboxylic acids is 4. The van der Waals surface area contributed by atoms with Crippen LogP contribution in [0.3, 0.4) is 0 Å². The predicted octanol–water partition coefficient (Wildman–Crippen LogP) is 3.49. The van der Waals surface area contributed by atoms with Gasteiger partial charge in [-0.3, -0.25) is 19.2 Å². The summed E-state index contributed by atoms with van der Waals surface area (Å²) in [6.07, 6.45) is -1.05. The third-order valence-corrected chi connectivity index (χ3v) is 4.64. The quantitative estimate of drug-likeness (QED) is 0.523. The first-order chi connectivity index (χ1) is 14.5. The lowest BCUT2D eigenvalue weighted by molar-refractivity contribution is -0.152. The number of amides is 2. The SMILES string of the molecule is CC(=O)c1ccc(NC(=O)[C@@H](C)OC(=O)CNC(=O)c2ccc(C(C)(C)C)cc2)cc1. The molecular weight excluding hydrogens is 396 g/mol. The van der Waals surface area contributed by atoms with E-state index in [1.165, 1.54) is 13.8 Å². The molecule has 0 aliphatic carbocycles. The lowest BCUT2D eigenvalue weighted by atomic mass is 9.87. The number of anilines is 1. The second-order valence-electron chi connectivity index (χ2n) is 8.26. The molecule has 0 aromatic heterocycles. The molecule has 0 aliphatic heterocycles. The number of ether oxygens (including phenoxy) is 1. The summed E-state index contributed by atoms with van der Waals surface area (Å²) in [5.74, 6) is -1.73. The molecule has 2 N–H and O–H groups in total. The van der Waals surface area contributed by atoms with Crippen molar-refractivity contribution in [3.8, 4) is 0 Å². The van der Waals surface area contributed by atoms with Crippen molar-refractivity contribution >= 4 is 29.3 Å². The molecule has 1 atom stereocenters. The summed E-state index contributed by atoms with van der Waals surface area (Å²) >= 11 is 0. The van der Waals surface area contributed by atoms with Gasteiger partial charge in [-0.1, -0.05) is 32.9 Å². The second kappa shape index (κ2) is 10.0. The van der Waals surface area contributed by atoms with Crippen LogP contribution in [0, 0.1) is 0 Å². The molecule has 0 unspecified atom stereocenters. The Labute approximate surface area is 182 Å². The highest BCUT2D eigenvalue weighted by Crippen LogP contribution is 2.22. The lowest BCUT2D eigenvalue weighted by Gasteiger charge is -2.19. The molecule has 0 fully saturated rings. The molecule has 0 saturated carbocycles. The van der Waals surface area contributed by atoms with Crippen molar-refractivity contribution in [3.63, 3.8) is 0 Å². The molecule has 7 nitrogen and oxygen atoms in total. The molecule has 0 spiro atoms. The number of hydrogen-bond acceptors (Lipinski definition) is 5. The molecule has 2 aromatic carbocycles. The van der Waals surface area contributed by atoms with Crippen LogP contribution in [0.2, 0.25) is 0 Å². The molecule has 7 heteroatoms. The third kappa shape index (κ3) is 7.06. The number of ketones is 1. The first-order valence-corrected chi connectivity index (χ1v) is 9.97. The Hall–Kier alpha value is -3.48. The van der Waals surface area contributed by atoms with Crippen LogP contribution < -0.4 is 10.6 Å². The molecule has 0 heterocycles. The van der Waals surface area contributed by atoms with Gasteiger partial charge in [0.2, 0.25) is 0 Å². The third-order valence-electron chi connectivity index (χ3n) is 4.64. The van der Waals surface area contributed by atoms with Gasteiger partial charge in [-0.15, -0.1) is 0 Å². The number of esters is 1. The van der Waals surface area contributed by atoms with Crippen molar-refractivity contribution in [2.24, 2.45) is 0 Å². The van der Waals surface area contributed by atoms with Gasteiger partial charge in [0.05, 0.1) is 0 Å². The molecule has 0 saturated heterocycles. The van der Waals surface area contributed by atoms with Gasteiger partial charge in [-0.2, -0.15) is 0 Å². The van der Waals surface area contributed by atoms with Crippen LogP contribution in [0.25, 0.3) is 0 Å². The van der Waals surface area contributed by atoms with Crippen LogP contribution in [0.15, 0.2) is 48.5 Å². The van der Waals surface area contributed by atoms with Crippen LogP contribution in [-0.2, 0) is 19.7 Å². The maximum atomic E-state index is 12.2. The first kappa shape index (κ1) is 23.8. The van der Waals surface area contributed by atoms with Crippen LogP contribution >= 0.6 is 0 Å². The van der Waals surface area contributed by atoms with E-state index in [2.05, 4.69) is 31.4 Å². The molecule has 0 bridgehead atoms. The molecule has 2 aromatic rings. The van der Waals surface area contributed by atoms with E-state index in [0.717, 1.165) is 5.56 Å². The second-order valence-corrected chi connectivity index (χ2v) is 8.26. The number of Topliss-reactive ketones (excluding diaryl/α,β-unsaturated/α-hetero) is 1. The summed E-state index contributed by atoms with van der Waals surface area (Å²) < 4.78 is 5.08. The van der Waals surface area contributed by atoms with E-state index in [1.807, 2.05) is 12.1 Å². The lowest BCUT2D eigenvalue weighted by Crippen LogP contribution is -2.35. The molecular formula is C24H28N2O5. The van der Waals surface area contributed by atoms with E-state index in [1.54, 1.807) is 36.4 Å². The highest BCUT2D eigenvalue weighted by molar-refractivity contribution is 5.98. The largest absolute Gasteiger partial charge is 0.451 e. The summed E-state index contributed by atoms with van der Waals surface area (Å²) in [5.41, 5.74) is 2.51. The maximum Gasteiger partial charge on any atom is 0.326 e. The standard InChI is InChI=1S/C24H28N2O5/c1-15(27)17-8-12-20(13-9-17)26-22(29)16(2)31-21(28)14-25-23(30)18-6-10-19(11-7-18)24(3,4)5/h6-13,16H,14H2,1-5H3,(H,25,30)(H,26,29)/t16-/m1/s1. The van der Waals surface area contributed by atoms with Crippen molar-refractivity contribution < 1.29 is 23.9 Å². The molecule has 2 rings (SSSR count). The number of benzene rings is 2. The molecule has 31 heavy (non-hydrogen) atoms. The normalized spacial score (nSPS) is 11.9. The Bertz CT molecular complexity index is 957. The number of nitrogens with one attached hydrogen (secondary N) is 2. The fourth-order valence-corrected chi connectivity index (χ4v) is 2.70. The number of rotatable bonds is 7. The summed E-state index contributed by atoms with van der Waals surface area (Å²) in [6.45, 7) is 8.77. The van der Waals surface area contributed by atoms with Gasteiger partial charge < -0.3 is 15.4 Å². The number of carbonyl (C=O) groups is 4. The molecule has 0 aliphatic rings. The molecule has 164 valence electrons. The summed E-state index contributed by atoms with van der Waals surface area (Å²) in [6, 6.07) is 13.5. The average Bonchev–Trinajstić information content (AvgIpc) is 2.71. The van der Waals surface area contributed by atoms with E-state index in [4.69, 9.17) is 4.74 Å². The summed E-state index contributed by atoms with van der Waals surface area (Å²) in [7, 11) is 0. The highest BCUT2D eigenvalue weighted by Gasteiger charge is 2.19. The summed E-state index contributed by atoms with van der Waals surface area (Å²) in [4.78, 5) is 47.7. The van der Waals surface area contributed by atoms with Crippen molar-refractivity contribution in [3.05, 3.63) is 65.2 Å². The summed E-state index contributed by atoms with van der Waals surface area (Å²) in [5, 5.41) is 5.10.